The van der Waals surface area contributed by atoms with E-state index in [0.29, 0.717) is 12.5 Å². The van der Waals surface area contributed by atoms with E-state index < -0.39 is 11.4 Å². The van der Waals surface area contributed by atoms with E-state index in [-0.39, 0.29) is 29.6 Å². The standard InChI is InChI=1S/C26H39N5O3/c1-24(2,22(27)33)29-21(32)17-30-18-25(31(23(30)34)16-19-8-7-9-19)12-14-26(28-3,15-13-25)20-10-5-4-6-11-20/h4-6,10-11,19,28H,7-9,12-18H2,1-3H3,(H2,27,33)(H,29,32). The molecule has 4 rings (SSSR count). The van der Waals surface area contributed by atoms with Gasteiger partial charge in [0.1, 0.15) is 12.1 Å². The smallest absolute Gasteiger partial charge is 0.321 e. The average Bonchev–Trinajstić information content (AvgIpc) is 3.02. The van der Waals surface area contributed by atoms with Gasteiger partial charge < -0.3 is 26.2 Å². The number of hydrogen-bond acceptors (Lipinski definition) is 4. The molecule has 4 N–H and O–H groups in total. The molecule has 3 aliphatic rings. The van der Waals surface area contributed by atoms with Crippen LogP contribution in [-0.4, -0.2) is 65.4 Å². The van der Waals surface area contributed by atoms with E-state index in [1.54, 1.807) is 18.7 Å². The first-order chi connectivity index (χ1) is 16.1. The number of amides is 4. The number of urea groups is 1. The summed E-state index contributed by atoms with van der Waals surface area (Å²) in [4.78, 5) is 41.7. The lowest BCUT2D eigenvalue weighted by atomic mass is 9.68. The van der Waals surface area contributed by atoms with E-state index in [0.717, 1.165) is 45.1 Å². The van der Waals surface area contributed by atoms with Crippen LogP contribution in [0.4, 0.5) is 4.79 Å². The highest BCUT2D eigenvalue weighted by Gasteiger charge is 2.54. The molecule has 1 heterocycles. The van der Waals surface area contributed by atoms with Crippen molar-refractivity contribution < 1.29 is 14.4 Å². The maximum Gasteiger partial charge on any atom is 0.321 e. The van der Waals surface area contributed by atoms with E-state index in [1.807, 2.05) is 13.1 Å². The fraction of sp³-hybridized carbons (Fsp3) is 0.654. The van der Waals surface area contributed by atoms with Crippen LogP contribution in [0.25, 0.3) is 0 Å². The van der Waals surface area contributed by atoms with Gasteiger partial charge in [-0.15, -0.1) is 0 Å². The summed E-state index contributed by atoms with van der Waals surface area (Å²) in [5.74, 6) is -0.413. The fourth-order valence-corrected chi connectivity index (χ4v) is 5.84. The van der Waals surface area contributed by atoms with Gasteiger partial charge in [-0.25, -0.2) is 4.79 Å². The molecule has 0 radical (unpaired) electrons. The van der Waals surface area contributed by atoms with Gasteiger partial charge in [-0.05, 0) is 70.9 Å². The van der Waals surface area contributed by atoms with Crippen molar-refractivity contribution in [1.29, 1.82) is 0 Å². The van der Waals surface area contributed by atoms with Crippen molar-refractivity contribution in [3.63, 3.8) is 0 Å². The van der Waals surface area contributed by atoms with Gasteiger partial charge in [-0.2, -0.15) is 0 Å². The van der Waals surface area contributed by atoms with Gasteiger partial charge in [0.2, 0.25) is 11.8 Å². The molecule has 2 aliphatic carbocycles. The Balaban J connectivity index is 1.51. The third-order valence-electron chi connectivity index (χ3n) is 8.47. The number of nitrogens with one attached hydrogen (secondary N) is 2. The Morgan fingerprint density at radius 2 is 1.76 bits per heavy atom. The molecule has 0 atom stereocenters. The Hall–Kier alpha value is -2.61. The highest BCUT2D eigenvalue weighted by Crippen LogP contribution is 2.47. The Morgan fingerprint density at radius 3 is 2.29 bits per heavy atom. The average molecular weight is 470 g/mol. The third kappa shape index (κ3) is 4.52. The molecule has 0 aromatic heterocycles. The summed E-state index contributed by atoms with van der Waals surface area (Å²) in [7, 11) is 2.02. The van der Waals surface area contributed by atoms with Crippen LogP contribution in [0.1, 0.15) is 64.4 Å². The summed E-state index contributed by atoms with van der Waals surface area (Å²) in [5, 5.41) is 6.26. The third-order valence-corrected chi connectivity index (χ3v) is 8.47. The highest BCUT2D eigenvalue weighted by molar-refractivity contribution is 5.92. The predicted molar refractivity (Wildman–Crippen MR) is 131 cm³/mol. The van der Waals surface area contributed by atoms with Crippen LogP contribution < -0.4 is 16.4 Å². The zero-order valence-electron chi connectivity index (χ0n) is 20.7. The van der Waals surface area contributed by atoms with Crippen LogP contribution in [0.3, 0.4) is 0 Å². The lowest BCUT2D eigenvalue weighted by Gasteiger charge is -2.49. The summed E-state index contributed by atoms with van der Waals surface area (Å²) < 4.78 is 0. The summed E-state index contributed by atoms with van der Waals surface area (Å²) >= 11 is 0. The zero-order chi connectivity index (χ0) is 24.6. The fourth-order valence-electron chi connectivity index (χ4n) is 5.84. The van der Waals surface area contributed by atoms with E-state index >= 15 is 0 Å². The summed E-state index contributed by atoms with van der Waals surface area (Å²) in [6.07, 6.45) is 7.17. The largest absolute Gasteiger partial charge is 0.368 e. The molecular formula is C26H39N5O3. The molecular weight excluding hydrogens is 430 g/mol. The molecule has 8 nitrogen and oxygen atoms in total. The first-order valence-corrected chi connectivity index (χ1v) is 12.5. The van der Waals surface area contributed by atoms with Gasteiger partial charge in [-0.1, -0.05) is 36.8 Å². The second-order valence-corrected chi connectivity index (χ2v) is 11.0. The number of hydrogen-bond donors (Lipinski definition) is 3. The van der Waals surface area contributed by atoms with Crippen molar-refractivity contribution in [3.05, 3.63) is 35.9 Å². The van der Waals surface area contributed by atoms with Crippen molar-refractivity contribution in [1.82, 2.24) is 20.4 Å². The molecule has 1 spiro atoms. The SMILES string of the molecule is CNC1(c2ccccc2)CCC2(CC1)CN(CC(=O)NC(C)(C)C(N)=O)C(=O)N2CC1CCC1. The molecule has 1 aliphatic heterocycles. The molecule has 186 valence electrons. The van der Waals surface area contributed by atoms with E-state index in [9.17, 15) is 14.4 Å². The first kappa shape index (κ1) is 24.5. The van der Waals surface area contributed by atoms with E-state index in [2.05, 4.69) is 39.8 Å². The van der Waals surface area contributed by atoms with Gasteiger partial charge in [0.25, 0.3) is 0 Å². The van der Waals surface area contributed by atoms with Crippen molar-refractivity contribution in [2.24, 2.45) is 11.7 Å². The minimum atomic E-state index is -1.16. The van der Waals surface area contributed by atoms with Crippen molar-refractivity contribution in [3.8, 4) is 0 Å². The van der Waals surface area contributed by atoms with Crippen molar-refractivity contribution >= 4 is 17.8 Å². The quantitative estimate of drug-likeness (QED) is 0.543. The number of benzene rings is 1. The monoisotopic (exact) mass is 469 g/mol. The van der Waals surface area contributed by atoms with Crippen LogP contribution in [0.5, 0.6) is 0 Å². The lowest BCUT2D eigenvalue weighted by molar-refractivity contribution is -0.130. The number of carbonyl (C=O) groups is 3. The molecule has 0 bridgehead atoms. The van der Waals surface area contributed by atoms with Crippen LogP contribution in [-0.2, 0) is 15.1 Å². The lowest BCUT2D eigenvalue weighted by Crippen LogP contribution is -2.56. The Labute approximate surface area is 202 Å². The topological polar surface area (TPSA) is 108 Å². The Morgan fingerprint density at radius 1 is 1.12 bits per heavy atom. The summed E-state index contributed by atoms with van der Waals surface area (Å²) in [6.45, 7) is 4.39. The Bertz CT molecular complexity index is 920. The molecule has 1 aromatic rings. The Kier molecular flexibility index (Phi) is 6.64. The number of primary amides is 1. The van der Waals surface area contributed by atoms with Crippen LogP contribution in [0.2, 0.25) is 0 Å². The van der Waals surface area contributed by atoms with Crippen LogP contribution in [0, 0.1) is 5.92 Å². The second-order valence-electron chi connectivity index (χ2n) is 11.0. The molecule has 8 heteroatoms. The number of rotatable bonds is 8. The minimum absolute atomic E-state index is 0.0596. The van der Waals surface area contributed by atoms with Crippen molar-refractivity contribution in [2.75, 3.05) is 26.7 Å². The maximum absolute atomic E-state index is 13.6. The van der Waals surface area contributed by atoms with Crippen LogP contribution in [0.15, 0.2) is 30.3 Å². The first-order valence-electron chi connectivity index (χ1n) is 12.5. The summed E-state index contributed by atoms with van der Waals surface area (Å²) in [6, 6.07) is 10.5. The van der Waals surface area contributed by atoms with Gasteiger partial charge in [0.15, 0.2) is 0 Å². The second kappa shape index (κ2) is 9.21. The van der Waals surface area contributed by atoms with Gasteiger partial charge in [0, 0.05) is 18.6 Å². The zero-order valence-corrected chi connectivity index (χ0v) is 20.7. The molecule has 34 heavy (non-hydrogen) atoms. The molecule has 1 aromatic carbocycles. The highest BCUT2D eigenvalue weighted by atomic mass is 16.2. The molecule has 1 saturated heterocycles. The normalized spacial score (nSPS) is 27.7. The molecule has 0 unspecified atom stereocenters. The van der Waals surface area contributed by atoms with E-state index in [1.165, 1.54) is 12.0 Å². The number of carbonyl (C=O) groups excluding carboxylic acids is 3. The maximum atomic E-state index is 13.6. The molecule has 2 saturated carbocycles. The number of nitrogens with two attached hydrogens (primary N) is 1. The van der Waals surface area contributed by atoms with Gasteiger partial charge in [0.05, 0.1) is 5.54 Å². The van der Waals surface area contributed by atoms with Gasteiger partial charge >= 0.3 is 6.03 Å². The van der Waals surface area contributed by atoms with E-state index in [4.69, 9.17) is 5.73 Å². The van der Waals surface area contributed by atoms with Crippen molar-refractivity contribution in [2.45, 2.75) is 75.4 Å². The van der Waals surface area contributed by atoms with Crippen LogP contribution >= 0.6 is 0 Å². The summed E-state index contributed by atoms with van der Waals surface area (Å²) in [5.41, 5.74) is 5.16. The molecule has 3 fully saturated rings. The molecule has 4 amide bonds. The minimum Gasteiger partial charge on any atom is -0.368 e. The predicted octanol–water partition coefficient (Wildman–Crippen LogP) is 2.33. The number of nitrogens with zero attached hydrogens (tertiary/aromatic N) is 2. The van der Waals surface area contributed by atoms with Gasteiger partial charge in [-0.3, -0.25) is 9.59 Å².